The lowest BCUT2D eigenvalue weighted by Gasteiger charge is -2.36. The summed E-state index contributed by atoms with van der Waals surface area (Å²) in [6, 6.07) is 0.569. The minimum atomic E-state index is -0.934. The quantitative estimate of drug-likeness (QED) is 0.904. The molecule has 1 aliphatic heterocycles. The molecule has 2 rings (SSSR count). The monoisotopic (exact) mass is 269 g/mol. The first kappa shape index (κ1) is 13.3. The second kappa shape index (κ2) is 5.24. The Kier molecular flexibility index (Phi) is 3.87. The summed E-state index contributed by atoms with van der Waals surface area (Å²) in [6.07, 6.45) is 0. The summed E-state index contributed by atoms with van der Waals surface area (Å²) in [5, 5.41) is 9.85. The van der Waals surface area contributed by atoms with Crippen LogP contribution in [-0.2, 0) is 0 Å². The number of aryl methyl sites for hydroxylation is 1. The topological polar surface area (TPSA) is 56.7 Å². The summed E-state index contributed by atoms with van der Waals surface area (Å²) in [4.78, 5) is 20.6. The van der Waals surface area contributed by atoms with Gasteiger partial charge >= 0.3 is 5.97 Å². The number of anilines is 1. The molecule has 6 heteroatoms. The van der Waals surface area contributed by atoms with E-state index >= 15 is 0 Å². The lowest BCUT2D eigenvalue weighted by molar-refractivity contribution is 0.0690. The number of piperazine rings is 1. The van der Waals surface area contributed by atoms with Crippen LogP contribution in [-0.4, -0.2) is 53.2 Å². The Morgan fingerprint density at radius 3 is 2.39 bits per heavy atom. The van der Waals surface area contributed by atoms with Crippen LogP contribution in [0.2, 0.25) is 0 Å². The van der Waals surface area contributed by atoms with Gasteiger partial charge in [-0.2, -0.15) is 0 Å². The van der Waals surface area contributed by atoms with Gasteiger partial charge in [0.05, 0.1) is 0 Å². The van der Waals surface area contributed by atoms with Gasteiger partial charge in [-0.15, -0.1) is 11.3 Å². The van der Waals surface area contributed by atoms with E-state index < -0.39 is 5.97 Å². The zero-order valence-electron chi connectivity index (χ0n) is 11.0. The minimum Gasteiger partial charge on any atom is -0.476 e. The third-order valence-corrected chi connectivity index (χ3v) is 4.33. The van der Waals surface area contributed by atoms with Gasteiger partial charge in [0.15, 0.2) is 10.8 Å². The molecule has 0 aliphatic carbocycles. The highest BCUT2D eigenvalue weighted by Gasteiger charge is 2.23. The van der Waals surface area contributed by atoms with Gasteiger partial charge in [0.1, 0.15) is 0 Å². The van der Waals surface area contributed by atoms with Gasteiger partial charge in [-0.1, -0.05) is 0 Å². The van der Waals surface area contributed by atoms with Gasteiger partial charge in [-0.05, 0) is 20.8 Å². The summed E-state index contributed by atoms with van der Waals surface area (Å²) in [5.41, 5.74) is 0.196. The number of aromatic nitrogens is 1. The lowest BCUT2D eigenvalue weighted by atomic mass is 10.2. The van der Waals surface area contributed by atoms with Crippen molar-refractivity contribution < 1.29 is 9.90 Å². The number of aromatic carboxylic acids is 1. The van der Waals surface area contributed by atoms with E-state index in [1.165, 1.54) is 11.3 Å². The molecule has 0 amide bonds. The number of nitrogens with zero attached hydrogens (tertiary/aromatic N) is 3. The average molecular weight is 269 g/mol. The first-order valence-corrected chi connectivity index (χ1v) is 7.00. The maximum Gasteiger partial charge on any atom is 0.355 e. The number of hydrogen-bond acceptors (Lipinski definition) is 5. The molecule has 0 saturated carbocycles. The number of carbonyl (C=O) groups is 1. The summed E-state index contributed by atoms with van der Waals surface area (Å²) in [7, 11) is 0. The van der Waals surface area contributed by atoms with Crippen LogP contribution in [0.25, 0.3) is 0 Å². The highest BCUT2D eigenvalue weighted by Crippen LogP contribution is 2.26. The molecule has 100 valence electrons. The van der Waals surface area contributed by atoms with Gasteiger partial charge < -0.3 is 10.0 Å². The zero-order chi connectivity index (χ0) is 13.3. The van der Waals surface area contributed by atoms with Crippen molar-refractivity contribution in [3.05, 3.63) is 10.6 Å². The molecular weight excluding hydrogens is 250 g/mol. The molecule has 0 atom stereocenters. The molecule has 18 heavy (non-hydrogen) atoms. The van der Waals surface area contributed by atoms with Crippen molar-refractivity contribution in [1.82, 2.24) is 9.88 Å². The highest BCUT2D eigenvalue weighted by atomic mass is 32.1. The van der Waals surface area contributed by atoms with Gasteiger partial charge in [-0.25, -0.2) is 9.78 Å². The Morgan fingerprint density at radius 2 is 1.94 bits per heavy atom. The van der Waals surface area contributed by atoms with Gasteiger partial charge in [0.2, 0.25) is 0 Å². The smallest absolute Gasteiger partial charge is 0.355 e. The number of rotatable bonds is 3. The minimum absolute atomic E-state index is 0.196. The Labute approximate surface area is 111 Å². The fourth-order valence-electron chi connectivity index (χ4n) is 2.15. The van der Waals surface area contributed by atoms with E-state index in [-0.39, 0.29) is 5.69 Å². The fraction of sp³-hybridized carbons (Fsp3) is 0.667. The van der Waals surface area contributed by atoms with Gasteiger partial charge in [0.25, 0.3) is 0 Å². The van der Waals surface area contributed by atoms with Crippen LogP contribution in [0.5, 0.6) is 0 Å². The first-order valence-electron chi connectivity index (χ1n) is 6.18. The molecule has 1 saturated heterocycles. The van der Waals surface area contributed by atoms with Gasteiger partial charge in [-0.3, -0.25) is 4.90 Å². The van der Waals surface area contributed by atoms with E-state index in [9.17, 15) is 4.79 Å². The van der Waals surface area contributed by atoms with Crippen molar-refractivity contribution in [2.75, 3.05) is 31.1 Å². The van der Waals surface area contributed by atoms with Crippen LogP contribution >= 0.6 is 11.3 Å². The van der Waals surface area contributed by atoms with Crippen molar-refractivity contribution in [2.24, 2.45) is 0 Å². The lowest BCUT2D eigenvalue weighted by Crippen LogP contribution is -2.48. The largest absolute Gasteiger partial charge is 0.476 e. The van der Waals surface area contributed by atoms with Crippen LogP contribution < -0.4 is 4.90 Å². The van der Waals surface area contributed by atoms with Crippen molar-refractivity contribution in [1.29, 1.82) is 0 Å². The Morgan fingerprint density at radius 1 is 1.33 bits per heavy atom. The number of carboxylic acids is 1. The number of carboxylic acid groups (broad SMARTS) is 1. The molecule has 1 aromatic heterocycles. The van der Waals surface area contributed by atoms with Crippen molar-refractivity contribution >= 4 is 22.4 Å². The van der Waals surface area contributed by atoms with Crippen LogP contribution in [0.1, 0.15) is 29.2 Å². The molecule has 0 unspecified atom stereocenters. The second-order valence-electron chi connectivity index (χ2n) is 4.82. The molecule has 1 aliphatic rings. The maximum absolute atomic E-state index is 11.0. The highest BCUT2D eigenvalue weighted by molar-refractivity contribution is 7.15. The van der Waals surface area contributed by atoms with Crippen LogP contribution in [0.3, 0.4) is 0 Å². The molecule has 0 spiro atoms. The first-order chi connectivity index (χ1) is 8.49. The van der Waals surface area contributed by atoms with Gasteiger partial charge in [0, 0.05) is 37.1 Å². The second-order valence-corrected chi connectivity index (χ2v) is 6.00. The van der Waals surface area contributed by atoms with E-state index in [0.717, 1.165) is 36.2 Å². The Hall–Kier alpha value is -1.14. The molecule has 0 radical (unpaired) electrons. The third-order valence-electron chi connectivity index (χ3n) is 3.30. The Bertz CT molecular complexity index is 437. The fourth-order valence-corrected chi connectivity index (χ4v) is 3.10. The summed E-state index contributed by atoms with van der Waals surface area (Å²) in [6.45, 7) is 10.1. The third kappa shape index (κ3) is 2.64. The molecule has 0 bridgehead atoms. The van der Waals surface area contributed by atoms with E-state index in [4.69, 9.17) is 5.11 Å². The molecule has 2 heterocycles. The summed E-state index contributed by atoms with van der Waals surface area (Å²) in [5.74, 6) is -0.934. The number of thiazole rings is 1. The van der Waals surface area contributed by atoms with E-state index in [1.807, 2.05) is 6.92 Å². The molecule has 1 aromatic rings. The predicted molar refractivity (Wildman–Crippen MR) is 72.7 cm³/mol. The molecule has 0 aromatic carbocycles. The summed E-state index contributed by atoms with van der Waals surface area (Å²) >= 11 is 1.47. The number of hydrogen-bond donors (Lipinski definition) is 1. The molecule has 1 N–H and O–H groups in total. The predicted octanol–water partition coefficient (Wildman–Crippen LogP) is 1.68. The average Bonchev–Trinajstić information content (AvgIpc) is 2.71. The van der Waals surface area contributed by atoms with E-state index in [2.05, 4.69) is 28.6 Å². The van der Waals surface area contributed by atoms with Crippen molar-refractivity contribution in [3.8, 4) is 0 Å². The van der Waals surface area contributed by atoms with E-state index in [1.54, 1.807) is 0 Å². The van der Waals surface area contributed by atoms with Crippen molar-refractivity contribution in [3.63, 3.8) is 0 Å². The normalized spacial score (nSPS) is 17.4. The summed E-state index contributed by atoms with van der Waals surface area (Å²) < 4.78 is 0. The molecule has 1 fully saturated rings. The van der Waals surface area contributed by atoms with Crippen LogP contribution in [0.15, 0.2) is 0 Å². The Balaban J connectivity index is 2.06. The zero-order valence-corrected chi connectivity index (χ0v) is 11.8. The van der Waals surface area contributed by atoms with Crippen LogP contribution in [0.4, 0.5) is 5.13 Å². The molecular formula is C12H19N3O2S. The SMILES string of the molecule is Cc1sc(N2CCN(C(C)C)CC2)nc1C(=O)O. The standard InChI is InChI=1S/C12H19N3O2S/c1-8(2)14-4-6-15(7-5-14)12-13-10(11(16)17)9(3)18-12/h8H,4-7H2,1-3H3,(H,16,17). The maximum atomic E-state index is 11.0. The van der Waals surface area contributed by atoms with E-state index in [0.29, 0.717) is 6.04 Å². The molecule has 5 nitrogen and oxygen atoms in total. The van der Waals surface area contributed by atoms with Crippen LogP contribution in [0, 0.1) is 6.92 Å². The van der Waals surface area contributed by atoms with Crippen molar-refractivity contribution in [2.45, 2.75) is 26.8 Å².